The molecule has 2 N–H and O–H groups in total. The van der Waals surface area contributed by atoms with Crippen LogP contribution in [0.15, 0.2) is 54.7 Å². The lowest BCUT2D eigenvalue weighted by Gasteiger charge is -2.17. The molecule has 0 unspecified atom stereocenters. The molecule has 6 nitrogen and oxygen atoms in total. The van der Waals surface area contributed by atoms with Crippen LogP contribution in [0.3, 0.4) is 0 Å². The number of benzene rings is 2. The summed E-state index contributed by atoms with van der Waals surface area (Å²) in [5.74, 6) is 0.699. The summed E-state index contributed by atoms with van der Waals surface area (Å²) < 4.78 is 25.2. The molecule has 0 spiro atoms. The normalized spacial score (nSPS) is 11.9. The average Bonchev–Trinajstić information content (AvgIpc) is 2.64. The molecule has 0 amide bonds. The van der Waals surface area contributed by atoms with E-state index < -0.39 is 14.3 Å². The predicted molar refractivity (Wildman–Crippen MR) is 125 cm³/mol. The predicted octanol–water partition coefficient (Wildman–Crippen LogP) is 5.11. The highest BCUT2D eigenvalue weighted by Gasteiger charge is 2.18. The van der Waals surface area contributed by atoms with Crippen molar-refractivity contribution in [3.05, 3.63) is 59.8 Å². The van der Waals surface area contributed by atoms with Gasteiger partial charge in [-0.1, -0.05) is 35.9 Å². The summed E-state index contributed by atoms with van der Waals surface area (Å²) in [5, 5.41) is 8.06. The zero-order valence-corrected chi connectivity index (χ0v) is 19.2. The Morgan fingerprint density at radius 1 is 0.793 bits per heavy atom. The molecule has 0 radical (unpaired) electrons. The Morgan fingerprint density at radius 2 is 1.28 bits per heavy atom. The minimum Gasteiger partial charge on any atom is -0.338 e. The van der Waals surface area contributed by atoms with E-state index in [0.717, 1.165) is 5.30 Å². The summed E-state index contributed by atoms with van der Waals surface area (Å²) in [5.41, 5.74) is 1.36. The smallest absolute Gasteiger partial charge is 0.229 e. The summed E-state index contributed by atoms with van der Waals surface area (Å²) in [6, 6.07) is 14.7. The number of rotatable bonds is 6. The van der Waals surface area contributed by atoms with E-state index in [9.17, 15) is 9.13 Å². The monoisotopic (exact) mass is 448 g/mol. The van der Waals surface area contributed by atoms with E-state index in [1.807, 2.05) is 48.5 Å². The lowest BCUT2D eigenvalue weighted by molar-refractivity contribution is 0.587. The van der Waals surface area contributed by atoms with Crippen molar-refractivity contribution in [3.8, 4) is 0 Å². The Labute approximate surface area is 175 Å². The van der Waals surface area contributed by atoms with Gasteiger partial charge < -0.3 is 19.8 Å². The molecule has 0 aliphatic rings. The Hall–Kier alpha value is -2.13. The summed E-state index contributed by atoms with van der Waals surface area (Å²) in [6.45, 7) is 6.86. The van der Waals surface area contributed by atoms with Crippen LogP contribution in [-0.4, -0.2) is 36.6 Å². The van der Waals surface area contributed by atoms with E-state index in [1.54, 1.807) is 26.7 Å². The van der Waals surface area contributed by atoms with E-state index in [2.05, 4.69) is 20.6 Å². The second kappa shape index (κ2) is 8.31. The molecule has 0 aliphatic heterocycles. The van der Waals surface area contributed by atoms with Crippen molar-refractivity contribution in [2.75, 3.05) is 37.3 Å². The number of nitrogens with one attached hydrogen (secondary N) is 2. The molecule has 0 bridgehead atoms. The molecule has 3 aromatic rings. The fourth-order valence-corrected chi connectivity index (χ4v) is 5.31. The minimum absolute atomic E-state index is 0.312. The molecule has 1 aromatic heterocycles. The molecule has 0 saturated heterocycles. The largest absolute Gasteiger partial charge is 0.338 e. The first-order chi connectivity index (χ1) is 13.6. The van der Waals surface area contributed by atoms with Crippen LogP contribution in [0.4, 0.5) is 23.1 Å². The number of anilines is 4. The summed E-state index contributed by atoms with van der Waals surface area (Å²) >= 11 is 6.29. The van der Waals surface area contributed by atoms with E-state index in [4.69, 9.17) is 11.6 Å². The Balaban J connectivity index is 1.96. The second-order valence-electron chi connectivity index (χ2n) is 7.38. The van der Waals surface area contributed by atoms with Crippen LogP contribution in [0, 0.1) is 0 Å². The molecule has 29 heavy (non-hydrogen) atoms. The minimum atomic E-state index is -2.50. The van der Waals surface area contributed by atoms with Gasteiger partial charge in [0.25, 0.3) is 0 Å². The van der Waals surface area contributed by atoms with Crippen molar-refractivity contribution in [1.29, 1.82) is 0 Å². The van der Waals surface area contributed by atoms with E-state index >= 15 is 0 Å². The molecule has 2 aromatic carbocycles. The van der Waals surface area contributed by atoms with Crippen LogP contribution in [0.5, 0.6) is 0 Å². The van der Waals surface area contributed by atoms with Crippen molar-refractivity contribution in [1.82, 2.24) is 9.97 Å². The third kappa shape index (κ3) is 5.27. The van der Waals surface area contributed by atoms with E-state index in [-0.39, 0.29) is 0 Å². The first kappa shape index (κ1) is 21.6. The molecule has 9 heteroatoms. The van der Waals surface area contributed by atoms with Crippen LogP contribution in [0.25, 0.3) is 0 Å². The van der Waals surface area contributed by atoms with E-state index in [0.29, 0.717) is 33.5 Å². The zero-order chi connectivity index (χ0) is 21.2. The molecule has 0 atom stereocenters. The number of hydrogen-bond donors (Lipinski definition) is 2. The first-order valence-electron chi connectivity index (χ1n) is 8.91. The van der Waals surface area contributed by atoms with Gasteiger partial charge in [-0.15, -0.1) is 0 Å². The van der Waals surface area contributed by atoms with Gasteiger partial charge in [0.05, 0.1) is 17.6 Å². The van der Waals surface area contributed by atoms with Crippen molar-refractivity contribution in [3.63, 3.8) is 0 Å². The Morgan fingerprint density at radius 3 is 1.79 bits per heavy atom. The fraction of sp³-hybridized carbons (Fsp3) is 0.200. The van der Waals surface area contributed by atoms with Gasteiger partial charge in [0, 0.05) is 10.6 Å². The van der Waals surface area contributed by atoms with Crippen molar-refractivity contribution < 1.29 is 9.13 Å². The highest BCUT2D eigenvalue weighted by molar-refractivity contribution is 7.70. The average molecular weight is 449 g/mol. The van der Waals surface area contributed by atoms with Gasteiger partial charge in [-0.3, -0.25) is 0 Å². The third-order valence-corrected chi connectivity index (χ3v) is 7.59. The van der Waals surface area contributed by atoms with Crippen LogP contribution < -0.4 is 21.2 Å². The van der Waals surface area contributed by atoms with Crippen molar-refractivity contribution >= 4 is 59.6 Å². The first-order valence-corrected chi connectivity index (χ1v) is 14.5. The number of para-hydroxylation sites is 2. The Bertz CT molecular complexity index is 1140. The molecular weight excluding hydrogens is 426 g/mol. The van der Waals surface area contributed by atoms with E-state index in [1.165, 1.54) is 6.20 Å². The highest BCUT2D eigenvalue weighted by atomic mass is 35.5. The maximum atomic E-state index is 12.6. The fourth-order valence-electron chi connectivity index (χ4n) is 2.86. The summed E-state index contributed by atoms with van der Waals surface area (Å²) in [6.07, 6.45) is 1.49. The maximum absolute atomic E-state index is 12.6. The van der Waals surface area contributed by atoms with Gasteiger partial charge in [0.1, 0.15) is 19.3 Å². The maximum Gasteiger partial charge on any atom is 0.229 e. The van der Waals surface area contributed by atoms with Crippen LogP contribution in [0.2, 0.25) is 5.02 Å². The third-order valence-electron chi connectivity index (χ3n) is 4.21. The molecule has 0 saturated carbocycles. The number of hydrogen-bond acceptors (Lipinski definition) is 6. The molecular formula is C20H23ClN4O2P2. The SMILES string of the molecule is CP(C)(=O)c1ccccc1Nc1ncc(Cl)c(Nc2ccccc2P(C)(C)=O)n1. The molecule has 3 rings (SSSR count). The highest BCUT2D eigenvalue weighted by Crippen LogP contribution is 2.39. The molecule has 152 valence electrons. The van der Waals surface area contributed by atoms with Crippen molar-refractivity contribution in [2.45, 2.75) is 0 Å². The van der Waals surface area contributed by atoms with Gasteiger partial charge in [0.15, 0.2) is 5.82 Å². The molecule has 0 fully saturated rings. The number of aromatic nitrogens is 2. The van der Waals surface area contributed by atoms with Gasteiger partial charge in [-0.2, -0.15) is 4.98 Å². The zero-order valence-electron chi connectivity index (χ0n) is 16.7. The quantitative estimate of drug-likeness (QED) is 0.510. The van der Waals surface area contributed by atoms with Gasteiger partial charge in [-0.05, 0) is 50.9 Å². The standard InChI is InChI=1S/C20H23ClN4O2P2/c1-28(2,26)17-11-7-5-9-15(17)23-19-14(21)13-22-20(25-19)24-16-10-6-8-12-18(16)29(3,4)27/h5-13H,1-4H3,(H2,22,23,24,25). The molecule has 0 aliphatic carbocycles. The van der Waals surface area contributed by atoms with Crippen molar-refractivity contribution in [2.24, 2.45) is 0 Å². The topological polar surface area (TPSA) is 84.0 Å². The van der Waals surface area contributed by atoms with Gasteiger partial charge >= 0.3 is 0 Å². The van der Waals surface area contributed by atoms with Gasteiger partial charge in [-0.25, -0.2) is 4.98 Å². The lowest BCUT2D eigenvalue weighted by Crippen LogP contribution is -2.12. The summed E-state index contributed by atoms with van der Waals surface area (Å²) in [7, 11) is -4.98. The Kier molecular flexibility index (Phi) is 6.19. The number of halogens is 1. The van der Waals surface area contributed by atoms with Gasteiger partial charge in [0.2, 0.25) is 5.95 Å². The summed E-state index contributed by atoms with van der Waals surface area (Å²) in [4.78, 5) is 8.70. The second-order valence-corrected chi connectivity index (χ2v) is 14.2. The van der Waals surface area contributed by atoms with Crippen LogP contribution >= 0.6 is 25.9 Å². The number of nitrogens with zero attached hydrogens (tertiary/aromatic N) is 2. The van der Waals surface area contributed by atoms with Crippen LogP contribution in [-0.2, 0) is 9.13 Å². The lowest BCUT2D eigenvalue weighted by atomic mass is 10.3. The van der Waals surface area contributed by atoms with Crippen LogP contribution in [0.1, 0.15) is 0 Å². The molecule has 1 heterocycles.